The molecule has 0 spiro atoms. The van der Waals surface area contributed by atoms with Crippen molar-refractivity contribution in [3.63, 3.8) is 0 Å². The average Bonchev–Trinajstić information content (AvgIpc) is 2.09. The maximum atomic E-state index is 8.60. The molecule has 0 aliphatic carbocycles. The summed E-state index contributed by atoms with van der Waals surface area (Å²) >= 11 is 0. The first-order valence-corrected chi connectivity index (χ1v) is 5.08. The number of rotatable bonds is 7. The maximum Gasteiger partial charge on any atom is 0.0431 e. The Labute approximate surface area is 76.5 Å². The summed E-state index contributed by atoms with van der Waals surface area (Å²) in [6, 6.07) is 0. The van der Waals surface area contributed by atoms with Crippen LogP contribution in [0.3, 0.4) is 0 Å². The Morgan fingerprint density at radius 1 is 1.33 bits per heavy atom. The van der Waals surface area contributed by atoms with E-state index in [1.54, 1.807) is 0 Å². The van der Waals surface area contributed by atoms with E-state index in [4.69, 9.17) is 5.11 Å². The molecule has 0 bridgehead atoms. The van der Waals surface area contributed by atoms with Gasteiger partial charge in [0.15, 0.2) is 0 Å². The van der Waals surface area contributed by atoms with Crippen LogP contribution in [0, 0.1) is 5.92 Å². The van der Waals surface area contributed by atoms with Gasteiger partial charge in [-0.25, -0.2) is 0 Å². The second-order valence-corrected chi connectivity index (χ2v) is 3.41. The predicted molar refractivity (Wildman–Crippen MR) is 54.1 cm³/mol. The molecular formula is C11H22O. The summed E-state index contributed by atoms with van der Waals surface area (Å²) in [5, 5.41) is 8.60. The normalized spacial score (nSPS) is 13.9. The van der Waals surface area contributed by atoms with Gasteiger partial charge in [-0.3, -0.25) is 0 Å². The molecule has 12 heavy (non-hydrogen) atoms. The van der Waals surface area contributed by atoms with Crippen molar-refractivity contribution in [1.82, 2.24) is 0 Å². The number of allylic oxidation sites excluding steroid dienone is 2. The summed E-state index contributed by atoms with van der Waals surface area (Å²) in [5.41, 5.74) is 0. The lowest BCUT2D eigenvalue weighted by atomic mass is 10.0. The van der Waals surface area contributed by atoms with E-state index in [9.17, 15) is 0 Å². The number of hydrogen-bond donors (Lipinski definition) is 1. The molecule has 0 aliphatic heterocycles. The molecule has 1 N–H and O–H groups in total. The van der Waals surface area contributed by atoms with Crippen LogP contribution in [-0.2, 0) is 0 Å². The molecule has 0 radical (unpaired) electrons. The van der Waals surface area contributed by atoms with Gasteiger partial charge in [-0.15, -0.1) is 0 Å². The van der Waals surface area contributed by atoms with Crippen molar-refractivity contribution in [3.05, 3.63) is 12.2 Å². The van der Waals surface area contributed by atoms with E-state index < -0.39 is 0 Å². The molecule has 0 aromatic rings. The first-order chi connectivity index (χ1) is 5.81. The predicted octanol–water partition coefficient (Wildman–Crippen LogP) is 3.14. The van der Waals surface area contributed by atoms with Gasteiger partial charge in [0.2, 0.25) is 0 Å². The van der Waals surface area contributed by atoms with Crippen LogP contribution in [0.4, 0.5) is 0 Å². The molecule has 0 aromatic heterocycles. The molecule has 1 unspecified atom stereocenters. The fraction of sp³-hybridized carbons (Fsp3) is 0.818. The second-order valence-electron chi connectivity index (χ2n) is 3.41. The van der Waals surface area contributed by atoms with E-state index in [0.29, 0.717) is 12.5 Å². The Morgan fingerprint density at radius 2 is 2.08 bits per heavy atom. The van der Waals surface area contributed by atoms with Gasteiger partial charge < -0.3 is 5.11 Å². The van der Waals surface area contributed by atoms with Gasteiger partial charge in [-0.05, 0) is 25.2 Å². The van der Waals surface area contributed by atoms with Gasteiger partial charge in [-0.2, -0.15) is 0 Å². The van der Waals surface area contributed by atoms with Gasteiger partial charge in [0, 0.05) is 6.61 Å². The molecule has 0 heterocycles. The molecule has 0 saturated carbocycles. The van der Waals surface area contributed by atoms with Crippen molar-refractivity contribution in [3.8, 4) is 0 Å². The van der Waals surface area contributed by atoms with Gasteiger partial charge >= 0.3 is 0 Å². The van der Waals surface area contributed by atoms with Crippen molar-refractivity contribution in [2.24, 2.45) is 5.92 Å². The summed E-state index contributed by atoms with van der Waals surface area (Å²) in [6.07, 6.45) is 10.4. The molecular weight excluding hydrogens is 148 g/mol. The molecule has 1 nitrogen and oxygen atoms in total. The van der Waals surface area contributed by atoms with Crippen LogP contribution < -0.4 is 0 Å². The minimum atomic E-state index is 0.327. The van der Waals surface area contributed by atoms with Crippen molar-refractivity contribution < 1.29 is 5.11 Å². The molecule has 72 valence electrons. The lowest BCUT2D eigenvalue weighted by Crippen LogP contribution is -1.91. The largest absolute Gasteiger partial charge is 0.396 e. The topological polar surface area (TPSA) is 20.2 Å². The molecule has 0 fully saturated rings. The van der Waals surface area contributed by atoms with Crippen LogP contribution >= 0.6 is 0 Å². The molecule has 0 saturated heterocycles. The third kappa shape index (κ3) is 7.80. The lowest BCUT2D eigenvalue weighted by Gasteiger charge is -2.02. The van der Waals surface area contributed by atoms with Crippen molar-refractivity contribution in [2.45, 2.75) is 46.0 Å². The van der Waals surface area contributed by atoms with E-state index in [1.807, 2.05) is 0 Å². The molecule has 0 rings (SSSR count). The van der Waals surface area contributed by atoms with Crippen molar-refractivity contribution >= 4 is 0 Å². The standard InChI is InChI=1S/C11H22O/c1-3-4-5-6-8-11(2)9-7-10-12/h6,8,11-12H,3-5,7,9-10H2,1-2H3/b8-6+. The van der Waals surface area contributed by atoms with E-state index >= 15 is 0 Å². The first kappa shape index (κ1) is 11.7. The van der Waals surface area contributed by atoms with E-state index in [1.165, 1.54) is 19.3 Å². The SMILES string of the molecule is CCCC/C=C/C(C)CCCO. The van der Waals surface area contributed by atoms with E-state index in [0.717, 1.165) is 12.8 Å². The van der Waals surface area contributed by atoms with E-state index in [-0.39, 0.29) is 0 Å². The third-order valence-corrected chi connectivity index (χ3v) is 2.01. The number of aliphatic hydroxyl groups is 1. The van der Waals surface area contributed by atoms with Crippen LogP contribution in [0.5, 0.6) is 0 Å². The van der Waals surface area contributed by atoms with Crippen LogP contribution in [0.15, 0.2) is 12.2 Å². The van der Waals surface area contributed by atoms with Crippen molar-refractivity contribution in [2.75, 3.05) is 6.61 Å². The minimum absolute atomic E-state index is 0.327. The summed E-state index contributed by atoms with van der Waals surface area (Å²) in [7, 11) is 0. The molecule has 0 aliphatic rings. The number of hydrogen-bond acceptors (Lipinski definition) is 1. The molecule has 1 atom stereocenters. The first-order valence-electron chi connectivity index (χ1n) is 5.08. The summed E-state index contributed by atoms with van der Waals surface area (Å²) in [6.45, 7) is 4.74. The summed E-state index contributed by atoms with van der Waals surface area (Å²) in [4.78, 5) is 0. The zero-order valence-corrected chi connectivity index (χ0v) is 8.42. The maximum absolute atomic E-state index is 8.60. The lowest BCUT2D eigenvalue weighted by molar-refractivity contribution is 0.279. The smallest absolute Gasteiger partial charge is 0.0431 e. The monoisotopic (exact) mass is 170 g/mol. The highest BCUT2D eigenvalue weighted by atomic mass is 16.2. The minimum Gasteiger partial charge on any atom is -0.396 e. The summed E-state index contributed by atoms with van der Waals surface area (Å²) < 4.78 is 0. The van der Waals surface area contributed by atoms with Gasteiger partial charge in [0.1, 0.15) is 0 Å². The van der Waals surface area contributed by atoms with E-state index in [2.05, 4.69) is 26.0 Å². The quantitative estimate of drug-likeness (QED) is 0.459. The Morgan fingerprint density at radius 3 is 2.67 bits per heavy atom. The van der Waals surface area contributed by atoms with Gasteiger partial charge in [0.25, 0.3) is 0 Å². The highest BCUT2D eigenvalue weighted by Gasteiger charge is 1.94. The van der Waals surface area contributed by atoms with Gasteiger partial charge in [0.05, 0.1) is 0 Å². The van der Waals surface area contributed by atoms with Crippen LogP contribution in [0.25, 0.3) is 0 Å². The Balaban J connectivity index is 3.27. The Bertz CT molecular complexity index is 108. The van der Waals surface area contributed by atoms with Gasteiger partial charge in [-0.1, -0.05) is 38.8 Å². The highest BCUT2D eigenvalue weighted by Crippen LogP contribution is 2.07. The van der Waals surface area contributed by atoms with Crippen LogP contribution in [0.1, 0.15) is 46.0 Å². The molecule has 0 aromatic carbocycles. The zero-order valence-electron chi connectivity index (χ0n) is 8.42. The highest BCUT2D eigenvalue weighted by molar-refractivity contribution is 4.85. The molecule has 1 heteroatoms. The number of aliphatic hydroxyl groups excluding tert-OH is 1. The average molecular weight is 170 g/mol. The molecule has 0 amide bonds. The van der Waals surface area contributed by atoms with Crippen LogP contribution in [0.2, 0.25) is 0 Å². The van der Waals surface area contributed by atoms with Crippen LogP contribution in [-0.4, -0.2) is 11.7 Å². The van der Waals surface area contributed by atoms with Crippen molar-refractivity contribution in [1.29, 1.82) is 0 Å². The fourth-order valence-corrected chi connectivity index (χ4v) is 1.16. The second kappa shape index (κ2) is 8.79. The summed E-state index contributed by atoms with van der Waals surface area (Å²) in [5.74, 6) is 0.633. The third-order valence-electron chi connectivity index (χ3n) is 2.01. The number of unbranched alkanes of at least 4 members (excludes halogenated alkanes) is 2. The Kier molecular flexibility index (Phi) is 8.57. The zero-order chi connectivity index (χ0) is 9.23. The fourth-order valence-electron chi connectivity index (χ4n) is 1.16. The Hall–Kier alpha value is -0.300.